The number of benzene rings is 1. The van der Waals surface area contributed by atoms with Crippen LogP contribution in [0.4, 0.5) is 0 Å². The molecule has 1 aromatic rings. The summed E-state index contributed by atoms with van der Waals surface area (Å²) >= 11 is 0. The van der Waals surface area contributed by atoms with Crippen molar-refractivity contribution in [2.45, 2.75) is 46.3 Å². The summed E-state index contributed by atoms with van der Waals surface area (Å²) < 4.78 is 5.53. The predicted molar refractivity (Wildman–Crippen MR) is 80.3 cm³/mol. The summed E-state index contributed by atoms with van der Waals surface area (Å²) in [5.74, 6) is -1.08. The lowest BCUT2D eigenvalue weighted by atomic mass is 10.0. The van der Waals surface area contributed by atoms with Crippen LogP contribution >= 0.6 is 0 Å². The first-order valence-corrected chi connectivity index (χ1v) is 7.14. The average Bonchev–Trinajstić information content (AvgIpc) is 2.44. The first-order chi connectivity index (χ1) is 9.85. The molecule has 0 saturated carbocycles. The topological polar surface area (TPSA) is 75.6 Å². The minimum Gasteiger partial charge on any atom is -0.481 e. The van der Waals surface area contributed by atoms with Crippen LogP contribution in [0.3, 0.4) is 0 Å². The Morgan fingerprint density at radius 3 is 2.19 bits per heavy atom. The Labute approximate surface area is 125 Å². The van der Waals surface area contributed by atoms with E-state index in [2.05, 4.69) is 12.2 Å². The van der Waals surface area contributed by atoms with Crippen LogP contribution in [-0.4, -0.2) is 29.1 Å². The summed E-state index contributed by atoms with van der Waals surface area (Å²) in [4.78, 5) is 23.1. The minimum atomic E-state index is -1.04. The molecule has 0 radical (unpaired) electrons. The van der Waals surface area contributed by atoms with Gasteiger partial charge in [-0.05, 0) is 37.0 Å². The number of aliphatic carboxylic acids is 1. The van der Waals surface area contributed by atoms with Crippen LogP contribution in [0.5, 0.6) is 5.75 Å². The van der Waals surface area contributed by atoms with Crippen LogP contribution in [0.1, 0.15) is 33.3 Å². The van der Waals surface area contributed by atoms with Gasteiger partial charge in [0, 0.05) is 0 Å². The number of carbonyl (C=O) groups excluding carboxylic acids is 1. The van der Waals surface area contributed by atoms with Crippen molar-refractivity contribution in [1.29, 1.82) is 0 Å². The second-order valence-electron chi connectivity index (χ2n) is 5.33. The SMILES string of the molecule is CCc1ccc(OC(C)C(=O)NC(C(=O)O)C(C)C)cc1. The summed E-state index contributed by atoms with van der Waals surface area (Å²) in [7, 11) is 0. The van der Waals surface area contributed by atoms with Crippen LogP contribution in [0, 0.1) is 5.92 Å². The molecule has 0 heterocycles. The quantitative estimate of drug-likeness (QED) is 0.808. The van der Waals surface area contributed by atoms with E-state index in [4.69, 9.17) is 9.84 Å². The number of hydrogen-bond acceptors (Lipinski definition) is 3. The van der Waals surface area contributed by atoms with Gasteiger partial charge in [0.05, 0.1) is 0 Å². The Kier molecular flexibility index (Phi) is 6.21. The van der Waals surface area contributed by atoms with Gasteiger partial charge in [-0.2, -0.15) is 0 Å². The van der Waals surface area contributed by atoms with E-state index in [-0.39, 0.29) is 5.92 Å². The molecule has 1 amide bonds. The van der Waals surface area contributed by atoms with Gasteiger partial charge in [-0.1, -0.05) is 32.9 Å². The normalized spacial score (nSPS) is 13.6. The highest BCUT2D eigenvalue weighted by atomic mass is 16.5. The van der Waals surface area contributed by atoms with Gasteiger partial charge < -0.3 is 15.2 Å². The number of carbonyl (C=O) groups is 2. The van der Waals surface area contributed by atoms with E-state index in [1.165, 1.54) is 5.56 Å². The van der Waals surface area contributed by atoms with Crippen molar-refractivity contribution in [3.05, 3.63) is 29.8 Å². The van der Waals surface area contributed by atoms with Crippen LogP contribution in [0.25, 0.3) is 0 Å². The van der Waals surface area contributed by atoms with Gasteiger partial charge in [-0.25, -0.2) is 4.79 Å². The van der Waals surface area contributed by atoms with Crippen molar-refractivity contribution in [1.82, 2.24) is 5.32 Å². The van der Waals surface area contributed by atoms with Gasteiger partial charge in [0.15, 0.2) is 6.10 Å². The van der Waals surface area contributed by atoms with Gasteiger partial charge in [0.25, 0.3) is 5.91 Å². The molecule has 116 valence electrons. The highest BCUT2D eigenvalue weighted by Crippen LogP contribution is 2.14. The zero-order valence-electron chi connectivity index (χ0n) is 12.9. The molecule has 1 aromatic carbocycles. The summed E-state index contributed by atoms with van der Waals surface area (Å²) in [5.41, 5.74) is 1.19. The fourth-order valence-corrected chi connectivity index (χ4v) is 1.85. The lowest BCUT2D eigenvalue weighted by molar-refractivity contribution is -0.144. The molecule has 2 atom stereocenters. The second-order valence-corrected chi connectivity index (χ2v) is 5.33. The number of aryl methyl sites for hydroxylation is 1. The Morgan fingerprint density at radius 1 is 1.19 bits per heavy atom. The first kappa shape index (κ1) is 17.0. The highest BCUT2D eigenvalue weighted by Gasteiger charge is 2.26. The Balaban J connectivity index is 2.63. The lowest BCUT2D eigenvalue weighted by Gasteiger charge is -2.21. The number of ether oxygens (including phenoxy) is 1. The zero-order valence-corrected chi connectivity index (χ0v) is 12.9. The Bertz CT molecular complexity index is 482. The molecule has 0 bridgehead atoms. The molecular weight excluding hydrogens is 270 g/mol. The van der Waals surface area contributed by atoms with E-state index < -0.39 is 24.0 Å². The van der Waals surface area contributed by atoms with Crippen LogP contribution in [0.2, 0.25) is 0 Å². The van der Waals surface area contributed by atoms with Crippen molar-refractivity contribution in [3.63, 3.8) is 0 Å². The average molecular weight is 293 g/mol. The molecule has 0 fully saturated rings. The van der Waals surface area contributed by atoms with E-state index in [0.29, 0.717) is 5.75 Å². The first-order valence-electron chi connectivity index (χ1n) is 7.14. The van der Waals surface area contributed by atoms with Crippen molar-refractivity contribution >= 4 is 11.9 Å². The molecule has 5 heteroatoms. The van der Waals surface area contributed by atoms with Gasteiger partial charge in [0.1, 0.15) is 11.8 Å². The van der Waals surface area contributed by atoms with Crippen molar-refractivity contribution < 1.29 is 19.4 Å². The molecular formula is C16H23NO4. The maximum Gasteiger partial charge on any atom is 0.326 e. The van der Waals surface area contributed by atoms with E-state index in [9.17, 15) is 9.59 Å². The standard InChI is InChI=1S/C16H23NO4/c1-5-12-6-8-13(9-7-12)21-11(4)15(18)17-14(10(2)3)16(19)20/h6-11,14H,5H2,1-4H3,(H,17,18)(H,19,20). The number of hydrogen-bond donors (Lipinski definition) is 2. The maximum atomic E-state index is 12.0. The van der Waals surface area contributed by atoms with Gasteiger partial charge in [-0.3, -0.25) is 4.79 Å². The predicted octanol–water partition coefficient (Wildman–Crippen LogP) is 2.24. The number of carboxylic acid groups (broad SMARTS) is 1. The van der Waals surface area contributed by atoms with E-state index >= 15 is 0 Å². The van der Waals surface area contributed by atoms with Crippen LogP contribution in [0.15, 0.2) is 24.3 Å². The molecule has 0 aliphatic rings. The summed E-state index contributed by atoms with van der Waals surface area (Å²) in [6.45, 7) is 7.15. The molecule has 0 aliphatic carbocycles. The zero-order chi connectivity index (χ0) is 16.0. The monoisotopic (exact) mass is 293 g/mol. The fraction of sp³-hybridized carbons (Fsp3) is 0.500. The summed E-state index contributed by atoms with van der Waals surface area (Å²) in [6, 6.07) is 6.58. The molecule has 5 nitrogen and oxygen atoms in total. The van der Waals surface area contributed by atoms with Crippen LogP contribution in [-0.2, 0) is 16.0 Å². The summed E-state index contributed by atoms with van der Waals surface area (Å²) in [5, 5.41) is 11.6. The third kappa shape index (κ3) is 5.10. The molecule has 0 saturated heterocycles. The molecule has 21 heavy (non-hydrogen) atoms. The van der Waals surface area contributed by atoms with Gasteiger partial charge in [-0.15, -0.1) is 0 Å². The molecule has 0 aliphatic heterocycles. The molecule has 2 N–H and O–H groups in total. The minimum absolute atomic E-state index is 0.192. The van der Waals surface area contributed by atoms with E-state index in [0.717, 1.165) is 6.42 Å². The largest absolute Gasteiger partial charge is 0.481 e. The smallest absolute Gasteiger partial charge is 0.326 e. The van der Waals surface area contributed by atoms with E-state index in [1.807, 2.05) is 12.1 Å². The lowest BCUT2D eigenvalue weighted by Crippen LogP contribution is -2.48. The molecule has 2 unspecified atom stereocenters. The maximum absolute atomic E-state index is 12.0. The Morgan fingerprint density at radius 2 is 1.76 bits per heavy atom. The molecule has 1 rings (SSSR count). The number of nitrogens with one attached hydrogen (secondary N) is 1. The summed E-state index contributed by atoms with van der Waals surface area (Å²) in [6.07, 6.45) is 0.184. The van der Waals surface area contributed by atoms with E-state index in [1.54, 1.807) is 32.9 Å². The number of rotatable bonds is 7. The number of amides is 1. The van der Waals surface area contributed by atoms with Crippen molar-refractivity contribution in [2.75, 3.05) is 0 Å². The highest BCUT2D eigenvalue weighted by molar-refractivity contribution is 5.86. The Hall–Kier alpha value is -2.04. The van der Waals surface area contributed by atoms with Crippen LogP contribution < -0.4 is 10.1 Å². The second kappa shape index (κ2) is 7.67. The van der Waals surface area contributed by atoms with Crippen molar-refractivity contribution in [2.24, 2.45) is 5.92 Å². The molecule has 0 aromatic heterocycles. The van der Waals surface area contributed by atoms with Gasteiger partial charge >= 0.3 is 5.97 Å². The van der Waals surface area contributed by atoms with Crippen molar-refractivity contribution in [3.8, 4) is 5.75 Å². The molecule has 0 spiro atoms. The van der Waals surface area contributed by atoms with Gasteiger partial charge in [0.2, 0.25) is 0 Å². The third-order valence-corrected chi connectivity index (χ3v) is 3.24. The third-order valence-electron chi connectivity index (χ3n) is 3.24. The number of carboxylic acids is 1. The fourth-order valence-electron chi connectivity index (χ4n) is 1.85.